The molecule has 4 aromatic rings. The summed E-state index contributed by atoms with van der Waals surface area (Å²) < 4.78 is 6.03. The Balaban J connectivity index is 1.45. The van der Waals surface area contributed by atoms with E-state index in [1.54, 1.807) is 12.4 Å². The Morgan fingerprint density at radius 1 is 0.852 bits per heavy atom. The van der Waals surface area contributed by atoms with Crippen molar-refractivity contribution >= 4 is 16.7 Å². The van der Waals surface area contributed by atoms with Gasteiger partial charge in [-0.25, -0.2) is 9.97 Å². The van der Waals surface area contributed by atoms with Crippen LogP contribution in [0.15, 0.2) is 79.1 Å². The maximum atomic E-state index is 6.03. The van der Waals surface area contributed by atoms with Gasteiger partial charge in [-0.2, -0.15) is 0 Å². The molecule has 0 N–H and O–H groups in total. The SMILES string of the molecule is c1ccc(OC2CN(c3nc(-c4cccnc4)nc4ccccc34)C2)cc1. The first kappa shape index (κ1) is 15.8. The lowest BCUT2D eigenvalue weighted by molar-refractivity contribution is 0.167. The Morgan fingerprint density at radius 2 is 1.67 bits per heavy atom. The first-order chi connectivity index (χ1) is 13.4. The molecule has 3 heterocycles. The molecular formula is C22H18N4O. The average molecular weight is 354 g/mol. The highest BCUT2D eigenvalue weighted by molar-refractivity contribution is 5.91. The fourth-order valence-corrected chi connectivity index (χ4v) is 3.30. The summed E-state index contributed by atoms with van der Waals surface area (Å²) in [6.45, 7) is 1.62. The number of fused-ring (bicyclic) bond motifs is 1. The fourth-order valence-electron chi connectivity index (χ4n) is 3.30. The molecule has 1 fully saturated rings. The zero-order chi connectivity index (χ0) is 18.1. The van der Waals surface area contributed by atoms with Crippen LogP contribution in [0.25, 0.3) is 22.3 Å². The van der Waals surface area contributed by atoms with Gasteiger partial charge in [-0.1, -0.05) is 30.3 Å². The number of ether oxygens (including phenoxy) is 1. The molecule has 0 unspecified atom stereocenters. The van der Waals surface area contributed by atoms with Gasteiger partial charge < -0.3 is 9.64 Å². The van der Waals surface area contributed by atoms with E-state index in [4.69, 9.17) is 14.7 Å². The van der Waals surface area contributed by atoms with Gasteiger partial charge in [-0.15, -0.1) is 0 Å². The number of nitrogens with zero attached hydrogens (tertiary/aromatic N) is 4. The van der Waals surface area contributed by atoms with Crippen LogP contribution in [-0.4, -0.2) is 34.1 Å². The fraction of sp³-hybridized carbons (Fsp3) is 0.136. The molecule has 0 atom stereocenters. The van der Waals surface area contributed by atoms with Crippen LogP contribution in [0.2, 0.25) is 0 Å². The van der Waals surface area contributed by atoms with Crippen molar-refractivity contribution in [3.8, 4) is 17.1 Å². The molecule has 2 aromatic heterocycles. The molecule has 5 rings (SSSR count). The molecule has 1 aliphatic rings. The normalized spacial score (nSPS) is 14.1. The van der Waals surface area contributed by atoms with Gasteiger partial charge in [-0.3, -0.25) is 4.98 Å². The molecular weight excluding hydrogens is 336 g/mol. The maximum Gasteiger partial charge on any atom is 0.163 e. The summed E-state index contributed by atoms with van der Waals surface area (Å²) in [4.78, 5) is 16.0. The van der Waals surface area contributed by atoms with Crippen LogP contribution in [-0.2, 0) is 0 Å². The molecule has 0 aliphatic carbocycles. The van der Waals surface area contributed by atoms with Gasteiger partial charge in [-0.05, 0) is 36.4 Å². The van der Waals surface area contributed by atoms with Crippen molar-refractivity contribution in [3.63, 3.8) is 0 Å². The molecule has 0 saturated carbocycles. The van der Waals surface area contributed by atoms with E-state index in [1.165, 1.54) is 0 Å². The third-order valence-electron chi connectivity index (χ3n) is 4.70. The van der Waals surface area contributed by atoms with E-state index in [0.29, 0.717) is 5.82 Å². The van der Waals surface area contributed by atoms with Crippen molar-refractivity contribution in [3.05, 3.63) is 79.1 Å². The second-order valence-corrected chi connectivity index (χ2v) is 6.59. The lowest BCUT2D eigenvalue weighted by atomic mass is 10.1. The maximum absolute atomic E-state index is 6.03. The van der Waals surface area contributed by atoms with E-state index in [2.05, 4.69) is 16.0 Å². The molecule has 5 nitrogen and oxygen atoms in total. The van der Waals surface area contributed by atoms with Crippen molar-refractivity contribution in [2.45, 2.75) is 6.10 Å². The number of anilines is 1. The number of pyridine rings is 1. The highest BCUT2D eigenvalue weighted by Gasteiger charge is 2.31. The van der Waals surface area contributed by atoms with Crippen LogP contribution >= 0.6 is 0 Å². The topological polar surface area (TPSA) is 51.1 Å². The quantitative estimate of drug-likeness (QED) is 0.555. The number of hydrogen-bond acceptors (Lipinski definition) is 5. The molecule has 2 aromatic carbocycles. The molecule has 27 heavy (non-hydrogen) atoms. The van der Waals surface area contributed by atoms with Crippen molar-refractivity contribution in [1.82, 2.24) is 15.0 Å². The van der Waals surface area contributed by atoms with Gasteiger partial charge in [0, 0.05) is 23.3 Å². The van der Waals surface area contributed by atoms with E-state index >= 15 is 0 Å². The highest BCUT2D eigenvalue weighted by Crippen LogP contribution is 2.31. The van der Waals surface area contributed by atoms with E-state index in [0.717, 1.165) is 41.1 Å². The molecule has 0 radical (unpaired) electrons. The Kier molecular flexibility index (Phi) is 3.90. The number of hydrogen-bond donors (Lipinski definition) is 0. The lowest BCUT2D eigenvalue weighted by Gasteiger charge is -2.40. The van der Waals surface area contributed by atoms with Crippen LogP contribution in [0, 0.1) is 0 Å². The average Bonchev–Trinajstić information content (AvgIpc) is 2.71. The van der Waals surface area contributed by atoms with Crippen LogP contribution in [0.3, 0.4) is 0 Å². The molecule has 5 heteroatoms. The van der Waals surface area contributed by atoms with Crippen molar-refractivity contribution in [2.75, 3.05) is 18.0 Å². The van der Waals surface area contributed by atoms with Crippen molar-refractivity contribution in [2.24, 2.45) is 0 Å². The smallest absolute Gasteiger partial charge is 0.163 e. The monoisotopic (exact) mass is 354 g/mol. The van der Waals surface area contributed by atoms with Gasteiger partial charge in [0.1, 0.15) is 17.7 Å². The summed E-state index contributed by atoms with van der Waals surface area (Å²) in [6, 6.07) is 22.0. The van der Waals surface area contributed by atoms with Gasteiger partial charge in [0.05, 0.1) is 18.6 Å². The summed E-state index contributed by atoms with van der Waals surface area (Å²) in [5, 5.41) is 1.06. The van der Waals surface area contributed by atoms with Crippen LogP contribution in [0.4, 0.5) is 5.82 Å². The summed E-state index contributed by atoms with van der Waals surface area (Å²) in [5.74, 6) is 2.56. The van der Waals surface area contributed by atoms with E-state index in [1.807, 2.05) is 60.7 Å². The summed E-state index contributed by atoms with van der Waals surface area (Å²) in [6.07, 6.45) is 3.72. The predicted octanol–water partition coefficient (Wildman–Crippen LogP) is 3.96. The predicted molar refractivity (Wildman–Crippen MR) is 106 cm³/mol. The van der Waals surface area contributed by atoms with Gasteiger partial charge >= 0.3 is 0 Å². The van der Waals surface area contributed by atoms with E-state index < -0.39 is 0 Å². The second kappa shape index (κ2) is 6.68. The van der Waals surface area contributed by atoms with E-state index in [9.17, 15) is 0 Å². The molecule has 0 amide bonds. The zero-order valence-corrected chi connectivity index (χ0v) is 14.7. The minimum absolute atomic E-state index is 0.169. The largest absolute Gasteiger partial charge is 0.487 e. The minimum atomic E-state index is 0.169. The molecule has 0 bridgehead atoms. The highest BCUT2D eigenvalue weighted by atomic mass is 16.5. The molecule has 1 saturated heterocycles. The summed E-state index contributed by atoms with van der Waals surface area (Å²) >= 11 is 0. The number of aromatic nitrogens is 3. The standard InChI is InChI=1S/C22H18N4O/c1-2-8-17(9-3-1)27-18-14-26(15-18)22-19-10-4-5-11-20(19)24-21(25-22)16-7-6-12-23-13-16/h1-13,18H,14-15H2. The first-order valence-corrected chi connectivity index (χ1v) is 9.01. The zero-order valence-electron chi connectivity index (χ0n) is 14.7. The van der Waals surface area contributed by atoms with E-state index in [-0.39, 0.29) is 6.10 Å². The Bertz CT molecular complexity index is 1060. The van der Waals surface area contributed by atoms with Crippen LogP contribution in [0.1, 0.15) is 0 Å². The van der Waals surface area contributed by atoms with Crippen LogP contribution in [0.5, 0.6) is 5.75 Å². The Hall–Kier alpha value is -3.47. The number of benzene rings is 2. The third-order valence-corrected chi connectivity index (χ3v) is 4.70. The minimum Gasteiger partial charge on any atom is -0.487 e. The Morgan fingerprint density at radius 3 is 2.48 bits per heavy atom. The van der Waals surface area contributed by atoms with Crippen LogP contribution < -0.4 is 9.64 Å². The number of para-hydroxylation sites is 2. The molecule has 0 spiro atoms. The summed E-state index contributed by atoms with van der Waals surface area (Å²) in [7, 11) is 0. The second-order valence-electron chi connectivity index (χ2n) is 6.59. The van der Waals surface area contributed by atoms with Crippen molar-refractivity contribution < 1.29 is 4.74 Å². The summed E-state index contributed by atoms with van der Waals surface area (Å²) in [5.41, 5.74) is 1.86. The van der Waals surface area contributed by atoms with Crippen molar-refractivity contribution in [1.29, 1.82) is 0 Å². The van der Waals surface area contributed by atoms with Gasteiger partial charge in [0.25, 0.3) is 0 Å². The Labute approximate surface area is 157 Å². The third kappa shape index (κ3) is 3.08. The number of rotatable bonds is 4. The molecule has 1 aliphatic heterocycles. The van der Waals surface area contributed by atoms with Gasteiger partial charge in [0.15, 0.2) is 5.82 Å². The molecule has 132 valence electrons. The first-order valence-electron chi connectivity index (χ1n) is 9.01. The lowest BCUT2D eigenvalue weighted by Crippen LogP contribution is -2.54. The van der Waals surface area contributed by atoms with Gasteiger partial charge in [0.2, 0.25) is 0 Å².